The van der Waals surface area contributed by atoms with Crippen LogP contribution in [-0.2, 0) is 0 Å². The van der Waals surface area contributed by atoms with Gasteiger partial charge in [-0.25, -0.2) is 0 Å². The van der Waals surface area contributed by atoms with Crippen molar-refractivity contribution >= 4 is 47.8 Å². The van der Waals surface area contributed by atoms with Gasteiger partial charge >= 0.3 is 0 Å². The fraction of sp³-hybridized carbons (Fsp3) is 1.00. The minimum Gasteiger partial charge on any atom is -0.0881 e. The molecule has 0 radical (unpaired) electrons. The zero-order valence-corrected chi connectivity index (χ0v) is 13.2. The molecule has 0 nitrogen and oxygen atoms in total. The summed E-state index contributed by atoms with van der Waals surface area (Å²) in [5.74, 6) is 6.98. The zero-order chi connectivity index (χ0) is 10.3. The van der Waals surface area contributed by atoms with Crippen LogP contribution in [0.1, 0.15) is 13.3 Å². The summed E-state index contributed by atoms with van der Waals surface area (Å²) in [6, 6.07) is 0. The van der Waals surface area contributed by atoms with Crippen molar-refractivity contribution in [1.82, 2.24) is 0 Å². The smallest absolute Gasteiger partial charge is 0.0875 e. The molecule has 0 aliphatic heterocycles. The Morgan fingerprint density at radius 2 is 1.73 bits per heavy atom. The van der Waals surface area contributed by atoms with E-state index in [2.05, 4.69) is 54.7 Å². The van der Waals surface area contributed by atoms with Crippen molar-refractivity contribution in [3.8, 4) is 0 Å². The minimum atomic E-state index is 0.292. The first-order chi connectivity index (χ1) is 7.00. The standard InChI is InChI=1S/C12H13Br3/c1-11-7-4-2-3-5(6(4)10(11)13)9(11)12(14,15)8(3)7/h3-10H,2H2,1H3/t3-,4+,5-,6+,7-,8-,9+,10-,11+/m0/s1. The van der Waals surface area contributed by atoms with Crippen LogP contribution in [-0.4, -0.2) is 8.06 Å². The van der Waals surface area contributed by atoms with Crippen LogP contribution in [0.25, 0.3) is 0 Å². The van der Waals surface area contributed by atoms with Gasteiger partial charge in [-0.2, -0.15) is 0 Å². The van der Waals surface area contributed by atoms with E-state index >= 15 is 0 Å². The largest absolute Gasteiger partial charge is 0.0881 e. The first-order valence-electron chi connectivity index (χ1n) is 6.02. The second kappa shape index (κ2) is 2.18. The van der Waals surface area contributed by atoms with Gasteiger partial charge in [0, 0.05) is 4.83 Å². The predicted molar refractivity (Wildman–Crippen MR) is 70.5 cm³/mol. The lowest BCUT2D eigenvalue weighted by atomic mass is 9.64. The fourth-order valence-corrected chi connectivity index (χ4v) is 11.2. The number of rotatable bonds is 0. The van der Waals surface area contributed by atoms with Gasteiger partial charge < -0.3 is 0 Å². The summed E-state index contributed by atoms with van der Waals surface area (Å²) in [5.41, 5.74) is 0.588. The molecule has 82 valence electrons. The average molecular weight is 397 g/mol. The Morgan fingerprint density at radius 1 is 1.07 bits per heavy atom. The van der Waals surface area contributed by atoms with Crippen LogP contribution < -0.4 is 0 Å². The maximum Gasteiger partial charge on any atom is 0.0875 e. The average Bonchev–Trinajstić information content (AvgIpc) is 2.81. The second-order valence-electron chi connectivity index (χ2n) is 6.69. The molecule has 6 fully saturated rings. The van der Waals surface area contributed by atoms with E-state index in [4.69, 9.17) is 0 Å². The van der Waals surface area contributed by atoms with Crippen LogP contribution in [0, 0.1) is 46.8 Å². The molecule has 0 aromatic carbocycles. The van der Waals surface area contributed by atoms with Crippen LogP contribution in [0.2, 0.25) is 0 Å². The monoisotopic (exact) mass is 394 g/mol. The van der Waals surface area contributed by atoms with Gasteiger partial charge in [0.15, 0.2) is 0 Å². The molecule has 6 bridgehead atoms. The highest BCUT2D eigenvalue weighted by Crippen LogP contribution is 2.92. The molecule has 9 atom stereocenters. The van der Waals surface area contributed by atoms with E-state index in [1.165, 1.54) is 6.42 Å². The SMILES string of the molecule is C[C@]12[C@H]3[C@@H]4C[C@H]5[C@@H]([C@@H]4[C@@H]1Br)[C@H]2C(Br)(Br)[C@@H]53. The minimum absolute atomic E-state index is 0.292. The van der Waals surface area contributed by atoms with Gasteiger partial charge in [-0.3, -0.25) is 0 Å². The molecule has 3 heteroatoms. The number of hydrogen-bond donors (Lipinski definition) is 0. The van der Waals surface area contributed by atoms with Crippen LogP contribution in [0.4, 0.5) is 0 Å². The van der Waals surface area contributed by atoms with Crippen molar-refractivity contribution in [3.63, 3.8) is 0 Å². The van der Waals surface area contributed by atoms with E-state index in [0.29, 0.717) is 8.65 Å². The molecule has 15 heavy (non-hydrogen) atoms. The van der Waals surface area contributed by atoms with Crippen LogP contribution in [0.5, 0.6) is 0 Å². The highest BCUT2D eigenvalue weighted by atomic mass is 79.9. The fourth-order valence-electron chi connectivity index (χ4n) is 7.03. The normalized spacial score (nSPS) is 79.2. The summed E-state index contributed by atoms with van der Waals surface area (Å²) in [6.45, 7) is 2.56. The quantitative estimate of drug-likeness (QED) is 0.543. The summed E-state index contributed by atoms with van der Waals surface area (Å²) in [7, 11) is 0. The first kappa shape index (κ1) is 9.38. The molecule has 0 heterocycles. The lowest BCUT2D eigenvalue weighted by molar-refractivity contribution is 0.0700. The van der Waals surface area contributed by atoms with Crippen molar-refractivity contribution in [1.29, 1.82) is 0 Å². The molecule has 0 amide bonds. The van der Waals surface area contributed by atoms with Gasteiger partial charge in [-0.15, -0.1) is 0 Å². The molecule has 6 rings (SSSR count). The zero-order valence-electron chi connectivity index (χ0n) is 8.46. The highest BCUT2D eigenvalue weighted by Gasteiger charge is 2.90. The Morgan fingerprint density at radius 3 is 2.40 bits per heavy atom. The topological polar surface area (TPSA) is 0 Å². The Bertz CT molecular complexity index is 390. The second-order valence-corrected chi connectivity index (χ2v) is 11.4. The third-order valence-electron chi connectivity index (χ3n) is 6.85. The number of hydrogen-bond acceptors (Lipinski definition) is 0. The van der Waals surface area contributed by atoms with Crippen molar-refractivity contribution < 1.29 is 0 Å². The molecule has 0 aromatic heterocycles. The van der Waals surface area contributed by atoms with Gasteiger partial charge in [0.05, 0.1) is 3.23 Å². The van der Waals surface area contributed by atoms with E-state index in [1.54, 1.807) is 0 Å². The Labute approximate surface area is 115 Å². The summed E-state index contributed by atoms with van der Waals surface area (Å²) in [5, 5.41) is 0. The van der Waals surface area contributed by atoms with Gasteiger partial charge in [-0.05, 0) is 53.3 Å². The summed E-state index contributed by atoms with van der Waals surface area (Å²) >= 11 is 12.2. The molecular formula is C12H13Br3. The lowest BCUT2D eigenvalue weighted by Gasteiger charge is -2.40. The third-order valence-corrected chi connectivity index (χ3v) is 10.5. The number of halogens is 3. The van der Waals surface area contributed by atoms with E-state index in [1.807, 2.05) is 0 Å². The maximum atomic E-state index is 4.05. The van der Waals surface area contributed by atoms with Gasteiger partial charge in [0.25, 0.3) is 0 Å². The van der Waals surface area contributed by atoms with Gasteiger partial charge in [0.1, 0.15) is 0 Å². The third kappa shape index (κ3) is 0.613. The van der Waals surface area contributed by atoms with Gasteiger partial charge in [0.2, 0.25) is 0 Å². The van der Waals surface area contributed by atoms with Crippen LogP contribution >= 0.6 is 47.8 Å². The molecule has 6 aliphatic carbocycles. The molecule has 0 aromatic rings. The highest BCUT2D eigenvalue weighted by molar-refractivity contribution is 9.25. The summed E-state index contributed by atoms with van der Waals surface area (Å²) in [4.78, 5) is 0.807. The molecule has 0 unspecified atom stereocenters. The summed E-state index contributed by atoms with van der Waals surface area (Å²) in [6.07, 6.45) is 1.54. The molecule has 0 spiro atoms. The van der Waals surface area contributed by atoms with Crippen LogP contribution in [0.15, 0.2) is 0 Å². The van der Waals surface area contributed by atoms with Gasteiger partial charge in [-0.1, -0.05) is 54.7 Å². The molecule has 0 N–H and O–H groups in total. The van der Waals surface area contributed by atoms with E-state index in [9.17, 15) is 0 Å². The Hall–Kier alpha value is 1.44. The van der Waals surface area contributed by atoms with E-state index in [-0.39, 0.29) is 0 Å². The Kier molecular flexibility index (Phi) is 1.36. The molecular weight excluding hydrogens is 384 g/mol. The lowest BCUT2D eigenvalue weighted by Crippen LogP contribution is -2.37. The predicted octanol–water partition coefficient (Wildman–Crippen LogP) is 4.01. The van der Waals surface area contributed by atoms with Crippen molar-refractivity contribution in [2.75, 3.05) is 0 Å². The molecule has 6 aliphatic rings. The van der Waals surface area contributed by atoms with Crippen LogP contribution in [0.3, 0.4) is 0 Å². The van der Waals surface area contributed by atoms with Crippen molar-refractivity contribution in [3.05, 3.63) is 0 Å². The Balaban J connectivity index is 1.88. The summed E-state index contributed by atoms with van der Waals surface area (Å²) < 4.78 is 0.292. The first-order valence-corrected chi connectivity index (χ1v) is 8.52. The van der Waals surface area contributed by atoms with E-state index in [0.717, 1.165) is 46.3 Å². The van der Waals surface area contributed by atoms with E-state index < -0.39 is 0 Å². The number of alkyl halides is 3. The maximum absolute atomic E-state index is 4.05. The molecule has 6 saturated carbocycles. The van der Waals surface area contributed by atoms with Crippen molar-refractivity contribution in [2.45, 2.75) is 21.4 Å². The molecule has 0 saturated heterocycles. The van der Waals surface area contributed by atoms with Crippen molar-refractivity contribution in [2.24, 2.45) is 46.8 Å².